The molecule has 2 aromatic rings. The summed E-state index contributed by atoms with van der Waals surface area (Å²) >= 11 is 1.57. The van der Waals surface area contributed by atoms with Crippen molar-refractivity contribution in [3.05, 3.63) is 40.3 Å². The van der Waals surface area contributed by atoms with E-state index in [1.807, 2.05) is 5.38 Å². The lowest BCUT2D eigenvalue weighted by Gasteiger charge is -2.16. The molecule has 1 heterocycles. The Morgan fingerprint density at radius 2 is 2.10 bits per heavy atom. The molecule has 1 aromatic carbocycles. The van der Waals surface area contributed by atoms with Gasteiger partial charge in [0.2, 0.25) is 5.91 Å². The number of anilines is 1. The Kier molecular flexibility index (Phi) is 5.30. The molecule has 2 rings (SSSR count). The molecule has 0 radical (unpaired) electrons. The molecule has 0 bridgehead atoms. The van der Waals surface area contributed by atoms with Crippen LogP contribution >= 0.6 is 11.3 Å². The molecule has 21 heavy (non-hydrogen) atoms. The molecule has 1 aromatic heterocycles. The van der Waals surface area contributed by atoms with Crippen molar-refractivity contribution in [2.24, 2.45) is 5.73 Å². The van der Waals surface area contributed by atoms with Crippen molar-refractivity contribution in [1.82, 2.24) is 4.98 Å². The topological polar surface area (TPSA) is 79.5 Å². The maximum atomic E-state index is 12.2. The maximum Gasteiger partial charge on any atom is 0.232 e. The normalized spacial score (nSPS) is 10.6. The van der Waals surface area contributed by atoms with E-state index in [0.717, 1.165) is 29.2 Å². The zero-order valence-corrected chi connectivity index (χ0v) is 12.8. The minimum atomic E-state index is -0.0311. The average molecular weight is 305 g/mol. The van der Waals surface area contributed by atoms with E-state index in [1.165, 1.54) is 0 Å². The molecular formula is C15H19N3O2S. The molecule has 6 heteroatoms. The number of hydrogen-bond acceptors (Lipinski definition) is 5. The van der Waals surface area contributed by atoms with Crippen molar-refractivity contribution in [2.45, 2.75) is 19.3 Å². The van der Waals surface area contributed by atoms with E-state index in [2.05, 4.69) is 4.98 Å². The molecule has 0 saturated carbocycles. The number of nitrogens with zero attached hydrogens (tertiary/aromatic N) is 2. The number of aromatic nitrogens is 1. The van der Waals surface area contributed by atoms with Gasteiger partial charge < -0.3 is 15.7 Å². The van der Waals surface area contributed by atoms with Gasteiger partial charge in [0.25, 0.3) is 0 Å². The van der Waals surface area contributed by atoms with E-state index >= 15 is 0 Å². The number of aryl methyl sites for hydroxylation is 1. The molecular weight excluding hydrogens is 286 g/mol. The van der Waals surface area contributed by atoms with Gasteiger partial charge in [-0.3, -0.25) is 4.79 Å². The van der Waals surface area contributed by atoms with Crippen molar-refractivity contribution in [3.63, 3.8) is 0 Å². The number of amides is 1. The lowest BCUT2D eigenvalue weighted by Crippen LogP contribution is -2.27. The van der Waals surface area contributed by atoms with Crippen molar-refractivity contribution >= 4 is 22.9 Å². The zero-order valence-electron chi connectivity index (χ0n) is 12.0. The second-order valence-electron chi connectivity index (χ2n) is 4.77. The van der Waals surface area contributed by atoms with Gasteiger partial charge >= 0.3 is 0 Å². The molecule has 0 aliphatic rings. The summed E-state index contributed by atoms with van der Waals surface area (Å²) in [7, 11) is 1.72. The van der Waals surface area contributed by atoms with E-state index in [0.29, 0.717) is 6.54 Å². The van der Waals surface area contributed by atoms with Crippen LogP contribution in [0.3, 0.4) is 0 Å². The largest absolute Gasteiger partial charge is 0.508 e. The number of phenolic OH excluding ortho intramolecular Hbond substituents is 1. The quantitative estimate of drug-likeness (QED) is 0.855. The number of carbonyl (C=O) groups is 1. The maximum absolute atomic E-state index is 12.2. The first-order chi connectivity index (χ1) is 10.1. The van der Waals surface area contributed by atoms with Crippen LogP contribution in [-0.4, -0.2) is 29.6 Å². The molecule has 0 unspecified atom stereocenters. The van der Waals surface area contributed by atoms with Crippen LogP contribution in [0.25, 0.3) is 0 Å². The Labute approximate surface area is 128 Å². The highest BCUT2D eigenvalue weighted by molar-refractivity contribution is 7.09. The van der Waals surface area contributed by atoms with Crippen molar-refractivity contribution in [2.75, 3.05) is 18.5 Å². The first-order valence-corrected chi connectivity index (χ1v) is 7.67. The predicted molar refractivity (Wildman–Crippen MR) is 84.7 cm³/mol. The summed E-state index contributed by atoms with van der Waals surface area (Å²) in [5, 5.41) is 12.2. The van der Waals surface area contributed by atoms with Gasteiger partial charge in [-0.2, -0.15) is 0 Å². The first kappa shape index (κ1) is 15.5. The summed E-state index contributed by atoms with van der Waals surface area (Å²) in [6, 6.07) is 6.54. The summed E-state index contributed by atoms with van der Waals surface area (Å²) in [5.41, 5.74) is 7.02. The van der Waals surface area contributed by atoms with Gasteiger partial charge in [-0.1, -0.05) is 0 Å². The SMILES string of the molecule is CN(C(=O)Cc1csc(CCCN)n1)c1ccc(O)cc1. The van der Waals surface area contributed by atoms with E-state index in [1.54, 1.807) is 47.5 Å². The highest BCUT2D eigenvalue weighted by Crippen LogP contribution is 2.19. The second-order valence-corrected chi connectivity index (χ2v) is 5.71. The minimum Gasteiger partial charge on any atom is -0.508 e. The van der Waals surface area contributed by atoms with E-state index in [4.69, 9.17) is 5.73 Å². The number of thiazole rings is 1. The minimum absolute atomic E-state index is 0.0311. The smallest absolute Gasteiger partial charge is 0.232 e. The summed E-state index contributed by atoms with van der Waals surface area (Å²) in [6.45, 7) is 0.650. The summed E-state index contributed by atoms with van der Waals surface area (Å²) in [4.78, 5) is 18.3. The van der Waals surface area contributed by atoms with Crippen molar-refractivity contribution in [1.29, 1.82) is 0 Å². The number of benzene rings is 1. The number of hydrogen-bond donors (Lipinski definition) is 2. The number of carbonyl (C=O) groups excluding carboxylic acids is 1. The summed E-state index contributed by atoms with van der Waals surface area (Å²) < 4.78 is 0. The van der Waals surface area contributed by atoms with Crippen molar-refractivity contribution < 1.29 is 9.90 Å². The van der Waals surface area contributed by atoms with Crippen LogP contribution in [0.15, 0.2) is 29.6 Å². The molecule has 0 aliphatic heterocycles. The van der Waals surface area contributed by atoms with Crippen LogP contribution in [0.2, 0.25) is 0 Å². The molecule has 0 atom stereocenters. The van der Waals surface area contributed by atoms with Crippen LogP contribution in [0.5, 0.6) is 5.75 Å². The average Bonchev–Trinajstić information content (AvgIpc) is 2.92. The van der Waals surface area contributed by atoms with Gasteiger partial charge in [-0.25, -0.2) is 4.98 Å². The lowest BCUT2D eigenvalue weighted by molar-refractivity contribution is -0.117. The predicted octanol–water partition coefficient (Wildman–Crippen LogP) is 1.95. The number of likely N-dealkylation sites (N-methyl/N-ethyl adjacent to an activating group) is 1. The Hall–Kier alpha value is -1.92. The molecule has 0 spiro atoms. The Balaban J connectivity index is 1.97. The second kappa shape index (κ2) is 7.19. The lowest BCUT2D eigenvalue weighted by atomic mass is 10.2. The van der Waals surface area contributed by atoms with Gasteiger partial charge in [0.05, 0.1) is 17.1 Å². The van der Waals surface area contributed by atoms with E-state index < -0.39 is 0 Å². The third-order valence-corrected chi connectivity index (χ3v) is 4.09. The van der Waals surface area contributed by atoms with Gasteiger partial charge in [0, 0.05) is 24.5 Å². The number of aromatic hydroxyl groups is 1. The van der Waals surface area contributed by atoms with Crippen molar-refractivity contribution in [3.8, 4) is 5.75 Å². The molecule has 1 amide bonds. The molecule has 0 fully saturated rings. The summed E-state index contributed by atoms with van der Waals surface area (Å²) in [5.74, 6) is 0.153. The van der Waals surface area contributed by atoms with Crippen LogP contribution < -0.4 is 10.6 Å². The van der Waals surface area contributed by atoms with Gasteiger partial charge in [-0.15, -0.1) is 11.3 Å². The van der Waals surface area contributed by atoms with Gasteiger partial charge in [0.1, 0.15) is 5.75 Å². The number of phenols is 1. The number of nitrogens with two attached hydrogens (primary N) is 1. The van der Waals surface area contributed by atoms with Gasteiger partial charge in [-0.05, 0) is 37.2 Å². The summed E-state index contributed by atoms with van der Waals surface area (Å²) in [6.07, 6.45) is 2.05. The molecule has 3 N–H and O–H groups in total. The monoisotopic (exact) mass is 305 g/mol. The van der Waals surface area contributed by atoms with Crippen LogP contribution in [0, 0.1) is 0 Å². The third kappa shape index (κ3) is 4.27. The number of rotatable bonds is 6. The van der Waals surface area contributed by atoms with Crippen LogP contribution in [-0.2, 0) is 17.6 Å². The molecule has 112 valence electrons. The van der Waals surface area contributed by atoms with Crippen LogP contribution in [0.1, 0.15) is 17.1 Å². The van der Waals surface area contributed by atoms with E-state index in [-0.39, 0.29) is 18.1 Å². The zero-order chi connectivity index (χ0) is 15.2. The molecule has 0 aliphatic carbocycles. The third-order valence-electron chi connectivity index (χ3n) is 3.14. The fraction of sp³-hybridized carbons (Fsp3) is 0.333. The molecule has 0 saturated heterocycles. The highest BCUT2D eigenvalue weighted by Gasteiger charge is 2.13. The fourth-order valence-electron chi connectivity index (χ4n) is 1.89. The Morgan fingerprint density at radius 1 is 1.38 bits per heavy atom. The standard InChI is InChI=1S/C15H19N3O2S/c1-18(12-4-6-13(19)7-5-12)15(20)9-11-10-21-14(17-11)3-2-8-16/h4-7,10,19H,2-3,8-9,16H2,1H3. The molecule has 5 nitrogen and oxygen atoms in total. The fourth-order valence-corrected chi connectivity index (χ4v) is 2.73. The first-order valence-electron chi connectivity index (χ1n) is 6.79. The van der Waals surface area contributed by atoms with E-state index in [9.17, 15) is 9.90 Å². The van der Waals surface area contributed by atoms with Gasteiger partial charge in [0.15, 0.2) is 0 Å². The Morgan fingerprint density at radius 3 is 2.76 bits per heavy atom. The Bertz CT molecular complexity index is 595. The highest BCUT2D eigenvalue weighted by atomic mass is 32.1. The van der Waals surface area contributed by atoms with Crippen LogP contribution in [0.4, 0.5) is 5.69 Å².